The van der Waals surface area contributed by atoms with Gasteiger partial charge in [0.1, 0.15) is 5.01 Å². The van der Waals surface area contributed by atoms with Crippen molar-refractivity contribution in [3.8, 4) is 0 Å². The lowest BCUT2D eigenvalue weighted by Crippen LogP contribution is -1.88. The summed E-state index contributed by atoms with van der Waals surface area (Å²) in [6.07, 6.45) is 0.764. The van der Waals surface area contributed by atoms with Crippen molar-refractivity contribution in [2.24, 2.45) is 0 Å². The molecule has 0 saturated heterocycles. The van der Waals surface area contributed by atoms with E-state index < -0.39 is 0 Å². The van der Waals surface area contributed by atoms with Gasteiger partial charge in [-0.3, -0.25) is 0 Å². The summed E-state index contributed by atoms with van der Waals surface area (Å²) in [7, 11) is 0. The van der Waals surface area contributed by atoms with Crippen molar-refractivity contribution < 1.29 is 0 Å². The molecule has 5 aromatic rings. The minimum atomic E-state index is 0.714. The van der Waals surface area contributed by atoms with Gasteiger partial charge in [-0.2, -0.15) is 0 Å². The molecule has 0 unspecified atom stereocenters. The summed E-state index contributed by atoms with van der Waals surface area (Å²) >= 11 is 9.14. The zero-order valence-electron chi connectivity index (χ0n) is 14.0. The van der Waals surface area contributed by atoms with Crippen molar-refractivity contribution in [3.63, 3.8) is 0 Å². The summed E-state index contributed by atoms with van der Waals surface area (Å²) in [5, 5.41) is 17.5. The second-order valence-electron chi connectivity index (χ2n) is 6.12. The molecule has 0 aliphatic rings. The molecule has 0 atom stereocenters. The molecule has 4 nitrogen and oxygen atoms in total. The number of benzene rings is 3. The van der Waals surface area contributed by atoms with Gasteiger partial charge in [-0.05, 0) is 34.5 Å². The molecule has 3 aromatic carbocycles. The van der Waals surface area contributed by atoms with E-state index >= 15 is 0 Å². The molecule has 2 heterocycles. The molecule has 27 heavy (non-hydrogen) atoms. The van der Waals surface area contributed by atoms with Gasteiger partial charge in [-0.15, -0.1) is 10.2 Å². The predicted molar refractivity (Wildman–Crippen MR) is 115 cm³/mol. The second-order valence-corrected chi connectivity index (χ2v) is 8.64. The molecule has 5 rings (SSSR count). The monoisotopic (exact) mass is 408 g/mol. The van der Waals surface area contributed by atoms with Gasteiger partial charge >= 0.3 is 0 Å². The maximum atomic E-state index is 6.04. The van der Waals surface area contributed by atoms with Gasteiger partial charge in [-0.1, -0.05) is 76.7 Å². The third-order valence-electron chi connectivity index (χ3n) is 4.20. The minimum Gasteiger partial charge on any atom is -0.306 e. The first-order valence-corrected chi connectivity index (χ1v) is 10.4. The van der Waals surface area contributed by atoms with Crippen LogP contribution < -0.4 is 5.32 Å². The summed E-state index contributed by atoms with van der Waals surface area (Å²) in [6.45, 7) is 0. The van der Waals surface area contributed by atoms with Crippen molar-refractivity contribution in [3.05, 3.63) is 76.3 Å². The number of aromatic nitrogens is 3. The van der Waals surface area contributed by atoms with Crippen LogP contribution in [0.2, 0.25) is 5.02 Å². The highest BCUT2D eigenvalue weighted by Crippen LogP contribution is 2.31. The van der Waals surface area contributed by atoms with Crippen molar-refractivity contribution in [2.45, 2.75) is 6.42 Å². The molecule has 0 aliphatic heterocycles. The lowest BCUT2D eigenvalue weighted by molar-refractivity contribution is 1.01. The normalized spacial score (nSPS) is 11.3. The van der Waals surface area contributed by atoms with Crippen LogP contribution in [0.15, 0.2) is 60.7 Å². The van der Waals surface area contributed by atoms with Gasteiger partial charge in [0.2, 0.25) is 5.13 Å². The van der Waals surface area contributed by atoms with E-state index in [1.54, 1.807) is 22.7 Å². The third kappa shape index (κ3) is 3.51. The Morgan fingerprint density at radius 2 is 1.74 bits per heavy atom. The largest absolute Gasteiger partial charge is 0.306 e. The Morgan fingerprint density at radius 3 is 2.67 bits per heavy atom. The SMILES string of the molecule is Clc1ccc2nc(Nc3nnc(Cc4ccc5ccccc5c4)s3)sc2c1. The van der Waals surface area contributed by atoms with Crippen LogP contribution in [0, 0.1) is 0 Å². The highest BCUT2D eigenvalue weighted by Gasteiger charge is 2.09. The number of hydrogen-bond donors (Lipinski definition) is 1. The van der Waals surface area contributed by atoms with E-state index in [0.29, 0.717) is 5.02 Å². The Kier molecular flexibility index (Phi) is 4.24. The van der Waals surface area contributed by atoms with Crippen LogP contribution in [-0.4, -0.2) is 15.2 Å². The zero-order chi connectivity index (χ0) is 18.2. The predicted octanol–water partition coefficient (Wildman–Crippen LogP) is 6.29. The lowest BCUT2D eigenvalue weighted by Gasteiger charge is -2.01. The number of hydrogen-bond acceptors (Lipinski definition) is 6. The van der Waals surface area contributed by atoms with Gasteiger partial charge in [0.05, 0.1) is 10.2 Å². The van der Waals surface area contributed by atoms with Gasteiger partial charge in [-0.25, -0.2) is 4.98 Å². The number of nitrogens with one attached hydrogen (secondary N) is 1. The number of rotatable bonds is 4. The fourth-order valence-corrected chi connectivity index (χ4v) is 4.92. The molecule has 7 heteroatoms. The first kappa shape index (κ1) is 16.6. The minimum absolute atomic E-state index is 0.714. The highest BCUT2D eigenvalue weighted by atomic mass is 35.5. The number of halogens is 1. The van der Waals surface area contributed by atoms with Crippen LogP contribution in [0.4, 0.5) is 10.3 Å². The van der Waals surface area contributed by atoms with Crippen LogP contribution in [-0.2, 0) is 6.42 Å². The number of anilines is 2. The van der Waals surface area contributed by atoms with Crippen LogP contribution >= 0.6 is 34.3 Å². The summed E-state index contributed by atoms with van der Waals surface area (Å²) in [5.41, 5.74) is 2.15. The number of nitrogens with zero attached hydrogens (tertiary/aromatic N) is 3. The topological polar surface area (TPSA) is 50.7 Å². The van der Waals surface area contributed by atoms with Crippen LogP contribution in [0.3, 0.4) is 0 Å². The Labute approximate surface area is 168 Å². The molecule has 2 aromatic heterocycles. The first-order chi connectivity index (χ1) is 13.2. The standard InChI is InChI=1S/C20H13ClN4S2/c21-15-7-8-16-17(11-15)26-19(22-16)23-20-25-24-18(27-20)10-12-5-6-13-3-1-2-4-14(13)9-12/h1-9,11H,10H2,(H,22,23,25). The van der Waals surface area contributed by atoms with Gasteiger partial charge in [0.15, 0.2) is 5.13 Å². The maximum absolute atomic E-state index is 6.04. The highest BCUT2D eigenvalue weighted by molar-refractivity contribution is 7.22. The molecule has 1 N–H and O–H groups in total. The summed E-state index contributed by atoms with van der Waals surface area (Å²) in [5.74, 6) is 0. The Hall–Kier alpha value is -2.54. The maximum Gasteiger partial charge on any atom is 0.211 e. The van der Waals surface area contributed by atoms with Crippen LogP contribution in [0.5, 0.6) is 0 Å². The zero-order valence-corrected chi connectivity index (χ0v) is 16.4. The molecule has 0 bridgehead atoms. The second kappa shape index (κ2) is 6.88. The number of fused-ring (bicyclic) bond motifs is 2. The smallest absolute Gasteiger partial charge is 0.211 e. The molecule has 0 saturated carbocycles. The Balaban J connectivity index is 1.35. The molecule has 0 amide bonds. The molecule has 132 valence electrons. The Bertz CT molecular complexity index is 1260. The number of thiazole rings is 1. The third-order valence-corrected chi connectivity index (χ3v) is 6.21. The van der Waals surface area contributed by atoms with E-state index in [1.165, 1.54) is 16.3 Å². The van der Waals surface area contributed by atoms with Gasteiger partial charge in [0.25, 0.3) is 0 Å². The van der Waals surface area contributed by atoms with Crippen molar-refractivity contribution in [1.82, 2.24) is 15.2 Å². The van der Waals surface area contributed by atoms with E-state index in [-0.39, 0.29) is 0 Å². The van der Waals surface area contributed by atoms with Crippen molar-refractivity contribution in [2.75, 3.05) is 5.32 Å². The fraction of sp³-hybridized carbons (Fsp3) is 0.0500. The molecule has 0 fully saturated rings. The first-order valence-electron chi connectivity index (χ1n) is 8.36. The van der Waals surface area contributed by atoms with E-state index in [9.17, 15) is 0 Å². The summed E-state index contributed by atoms with van der Waals surface area (Å²) < 4.78 is 1.05. The van der Waals surface area contributed by atoms with Gasteiger partial charge < -0.3 is 5.32 Å². The van der Waals surface area contributed by atoms with Crippen molar-refractivity contribution in [1.29, 1.82) is 0 Å². The van der Waals surface area contributed by atoms with E-state index in [1.807, 2.05) is 18.2 Å². The van der Waals surface area contributed by atoms with E-state index in [0.717, 1.165) is 31.9 Å². The fourth-order valence-electron chi connectivity index (χ4n) is 2.94. The average molecular weight is 409 g/mol. The summed E-state index contributed by atoms with van der Waals surface area (Å²) in [6, 6.07) is 20.6. The molecular weight excluding hydrogens is 396 g/mol. The van der Waals surface area contributed by atoms with Crippen molar-refractivity contribution >= 4 is 65.5 Å². The molecular formula is C20H13ClN4S2. The lowest BCUT2D eigenvalue weighted by atomic mass is 10.1. The molecule has 0 spiro atoms. The van der Waals surface area contributed by atoms with E-state index in [4.69, 9.17) is 11.6 Å². The average Bonchev–Trinajstić information content (AvgIpc) is 3.27. The van der Waals surface area contributed by atoms with Crippen LogP contribution in [0.1, 0.15) is 10.6 Å². The van der Waals surface area contributed by atoms with E-state index in [2.05, 4.69) is 63.0 Å². The van der Waals surface area contributed by atoms with Crippen LogP contribution in [0.25, 0.3) is 21.0 Å². The molecule has 0 radical (unpaired) electrons. The summed E-state index contributed by atoms with van der Waals surface area (Å²) in [4.78, 5) is 4.56. The Morgan fingerprint density at radius 1 is 0.852 bits per heavy atom. The van der Waals surface area contributed by atoms with Gasteiger partial charge in [0, 0.05) is 11.4 Å². The quantitative estimate of drug-likeness (QED) is 0.379. The molecule has 0 aliphatic carbocycles.